The summed E-state index contributed by atoms with van der Waals surface area (Å²) < 4.78 is 0. The van der Waals surface area contributed by atoms with Gasteiger partial charge in [0.15, 0.2) is 0 Å². The highest BCUT2D eigenvalue weighted by Gasteiger charge is 1.87. The van der Waals surface area contributed by atoms with Crippen LogP contribution in [0, 0.1) is 0 Å². The molecule has 11 heavy (non-hydrogen) atoms. The third-order valence-electron chi connectivity index (χ3n) is 1.69. The zero-order valence-corrected chi connectivity index (χ0v) is 8.67. The first kappa shape index (κ1) is 11.3. The van der Waals surface area contributed by atoms with E-state index in [4.69, 9.17) is 0 Å². The largest absolute Gasteiger partial charge is 0.316 e. The van der Waals surface area contributed by atoms with Gasteiger partial charge in [0.2, 0.25) is 0 Å². The molecule has 0 rings (SSSR count). The molecule has 0 aliphatic carbocycles. The molecule has 0 aromatic heterocycles. The van der Waals surface area contributed by atoms with Gasteiger partial charge in [-0.2, -0.15) is 11.8 Å². The highest BCUT2D eigenvalue weighted by Crippen LogP contribution is 1.96. The Morgan fingerprint density at radius 2 is 1.91 bits per heavy atom. The molecule has 0 aromatic rings. The molecule has 0 fully saturated rings. The van der Waals surface area contributed by atoms with Crippen LogP contribution in [0.25, 0.3) is 0 Å². The third-order valence-corrected chi connectivity index (χ3v) is 2.30. The smallest absolute Gasteiger partial charge is 0.00553 e. The normalized spacial score (nSPS) is 10.4. The van der Waals surface area contributed by atoms with Gasteiger partial charge < -0.3 is 5.32 Å². The fraction of sp³-hybridized carbons (Fsp3) is 1.00. The number of nitrogens with one attached hydrogen (secondary N) is 1. The first-order valence-electron chi connectivity index (χ1n) is 4.61. The summed E-state index contributed by atoms with van der Waals surface area (Å²) in [5.74, 6) is 1.24. The topological polar surface area (TPSA) is 12.0 Å². The fourth-order valence-corrected chi connectivity index (χ4v) is 1.32. The van der Waals surface area contributed by atoms with Crippen molar-refractivity contribution in [3.63, 3.8) is 0 Å². The molecule has 2 heteroatoms. The van der Waals surface area contributed by atoms with Gasteiger partial charge >= 0.3 is 0 Å². The number of rotatable bonds is 8. The Balaban J connectivity index is 2.69. The Hall–Kier alpha value is 0.310. The van der Waals surface area contributed by atoms with Crippen LogP contribution >= 0.6 is 11.8 Å². The average Bonchev–Trinajstić information content (AvgIpc) is 2.03. The van der Waals surface area contributed by atoms with Crippen LogP contribution in [0.1, 0.15) is 32.6 Å². The standard InChI is InChI=1S/C9H21NS/c1-3-4-5-6-7-10-8-9-11-2/h10H,3-9H2,1-2H3. The van der Waals surface area contributed by atoms with E-state index in [-0.39, 0.29) is 0 Å². The van der Waals surface area contributed by atoms with E-state index in [1.54, 1.807) is 0 Å². The van der Waals surface area contributed by atoms with Crippen molar-refractivity contribution in [1.29, 1.82) is 0 Å². The maximum Gasteiger partial charge on any atom is 0.00553 e. The number of thioether (sulfide) groups is 1. The van der Waals surface area contributed by atoms with Crippen molar-refractivity contribution in [1.82, 2.24) is 5.32 Å². The molecule has 0 saturated heterocycles. The van der Waals surface area contributed by atoms with E-state index >= 15 is 0 Å². The molecule has 0 spiro atoms. The van der Waals surface area contributed by atoms with Crippen molar-refractivity contribution in [2.24, 2.45) is 0 Å². The molecule has 1 nitrogen and oxygen atoms in total. The van der Waals surface area contributed by atoms with Crippen LogP contribution in [0.2, 0.25) is 0 Å². The molecule has 0 amide bonds. The van der Waals surface area contributed by atoms with Gasteiger partial charge in [-0.25, -0.2) is 0 Å². The lowest BCUT2D eigenvalue weighted by molar-refractivity contribution is 0.613. The van der Waals surface area contributed by atoms with E-state index in [0.717, 1.165) is 0 Å². The molecular weight excluding hydrogens is 154 g/mol. The number of unbranched alkanes of at least 4 members (excludes halogenated alkanes) is 3. The van der Waals surface area contributed by atoms with Crippen LogP contribution in [0.15, 0.2) is 0 Å². The summed E-state index contributed by atoms with van der Waals surface area (Å²) in [7, 11) is 0. The lowest BCUT2D eigenvalue weighted by Crippen LogP contribution is -2.18. The van der Waals surface area contributed by atoms with Crippen LogP contribution in [-0.4, -0.2) is 25.1 Å². The maximum absolute atomic E-state index is 3.42. The van der Waals surface area contributed by atoms with Crippen LogP contribution in [0.4, 0.5) is 0 Å². The van der Waals surface area contributed by atoms with E-state index in [1.807, 2.05) is 11.8 Å². The second-order valence-corrected chi connectivity index (χ2v) is 3.79. The SMILES string of the molecule is CCCCCCNCCSC. The fourth-order valence-electron chi connectivity index (χ4n) is 0.976. The minimum Gasteiger partial charge on any atom is -0.316 e. The zero-order chi connectivity index (χ0) is 8.36. The van der Waals surface area contributed by atoms with Gasteiger partial charge in [0, 0.05) is 12.3 Å². The lowest BCUT2D eigenvalue weighted by atomic mass is 10.2. The molecule has 0 aliphatic rings. The predicted molar refractivity (Wildman–Crippen MR) is 55.4 cm³/mol. The van der Waals surface area contributed by atoms with Crippen molar-refractivity contribution >= 4 is 11.8 Å². The van der Waals surface area contributed by atoms with Crippen LogP contribution in [-0.2, 0) is 0 Å². The summed E-state index contributed by atoms with van der Waals surface area (Å²) in [4.78, 5) is 0. The molecule has 1 N–H and O–H groups in total. The Kier molecular flexibility index (Phi) is 10.6. The van der Waals surface area contributed by atoms with Crippen molar-refractivity contribution < 1.29 is 0 Å². The molecule has 0 heterocycles. The lowest BCUT2D eigenvalue weighted by Gasteiger charge is -2.01. The highest BCUT2D eigenvalue weighted by molar-refractivity contribution is 7.98. The van der Waals surface area contributed by atoms with E-state index in [1.165, 1.54) is 44.5 Å². The molecule has 68 valence electrons. The molecule has 0 unspecified atom stereocenters. The van der Waals surface area contributed by atoms with Gasteiger partial charge in [-0.15, -0.1) is 0 Å². The van der Waals surface area contributed by atoms with E-state index in [9.17, 15) is 0 Å². The minimum absolute atomic E-state index is 1.17. The van der Waals surface area contributed by atoms with Crippen LogP contribution < -0.4 is 5.32 Å². The summed E-state index contributed by atoms with van der Waals surface area (Å²) in [6.07, 6.45) is 7.62. The quantitative estimate of drug-likeness (QED) is 0.569. The highest BCUT2D eigenvalue weighted by atomic mass is 32.2. The summed E-state index contributed by atoms with van der Waals surface area (Å²) in [5.41, 5.74) is 0. The summed E-state index contributed by atoms with van der Waals surface area (Å²) in [6, 6.07) is 0. The summed E-state index contributed by atoms with van der Waals surface area (Å²) in [6.45, 7) is 4.63. The molecule has 0 aromatic carbocycles. The first-order chi connectivity index (χ1) is 5.41. The monoisotopic (exact) mass is 175 g/mol. The summed E-state index contributed by atoms with van der Waals surface area (Å²) >= 11 is 1.91. The van der Waals surface area contributed by atoms with Crippen molar-refractivity contribution in [3.05, 3.63) is 0 Å². The van der Waals surface area contributed by atoms with E-state index in [0.29, 0.717) is 0 Å². The average molecular weight is 175 g/mol. The molecule has 0 bridgehead atoms. The van der Waals surface area contributed by atoms with Gasteiger partial charge in [0.1, 0.15) is 0 Å². The Morgan fingerprint density at radius 1 is 1.09 bits per heavy atom. The number of hydrogen-bond donors (Lipinski definition) is 1. The predicted octanol–water partition coefficient (Wildman–Crippen LogP) is 2.52. The molecular formula is C9H21NS. The maximum atomic E-state index is 3.42. The second-order valence-electron chi connectivity index (χ2n) is 2.80. The Bertz CT molecular complexity index is 58.6. The Morgan fingerprint density at radius 3 is 2.55 bits per heavy atom. The zero-order valence-electron chi connectivity index (χ0n) is 7.86. The van der Waals surface area contributed by atoms with Gasteiger partial charge in [0.25, 0.3) is 0 Å². The second kappa shape index (κ2) is 10.3. The Labute approximate surface area is 75.3 Å². The minimum atomic E-state index is 1.17. The third kappa shape index (κ3) is 10.3. The van der Waals surface area contributed by atoms with Crippen molar-refractivity contribution in [2.75, 3.05) is 25.1 Å². The van der Waals surface area contributed by atoms with E-state index in [2.05, 4.69) is 18.5 Å². The molecule has 0 saturated carbocycles. The first-order valence-corrected chi connectivity index (χ1v) is 6.00. The van der Waals surface area contributed by atoms with E-state index < -0.39 is 0 Å². The van der Waals surface area contributed by atoms with Gasteiger partial charge in [-0.1, -0.05) is 26.2 Å². The van der Waals surface area contributed by atoms with Crippen molar-refractivity contribution in [2.45, 2.75) is 32.6 Å². The molecule has 0 aliphatic heterocycles. The molecule has 0 atom stereocenters. The molecule has 0 radical (unpaired) electrons. The van der Waals surface area contributed by atoms with Gasteiger partial charge in [0.05, 0.1) is 0 Å². The van der Waals surface area contributed by atoms with Crippen LogP contribution in [0.3, 0.4) is 0 Å². The number of hydrogen-bond acceptors (Lipinski definition) is 2. The van der Waals surface area contributed by atoms with Crippen LogP contribution in [0.5, 0.6) is 0 Å². The van der Waals surface area contributed by atoms with Crippen molar-refractivity contribution in [3.8, 4) is 0 Å². The van der Waals surface area contributed by atoms with Gasteiger partial charge in [-0.3, -0.25) is 0 Å². The van der Waals surface area contributed by atoms with Gasteiger partial charge in [-0.05, 0) is 19.2 Å². The summed E-state index contributed by atoms with van der Waals surface area (Å²) in [5, 5.41) is 3.42.